The molecule has 0 aliphatic carbocycles. The normalized spacial score (nSPS) is 11.1. The average molecular weight is 176 g/mol. The largest absolute Gasteiger partial charge is 0.127 e. The van der Waals surface area contributed by atoms with Crippen LogP contribution in [0.15, 0.2) is 30.3 Å². The third kappa shape index (κ3) is 2.52. The lowest BCUT2D eigenvalue weighted by Crippen LogP contribution is -2.21. The molecule has 2 nitrogen and oxygen atoms in total. The van der Waals surface area contributed by atoms with Gasteiger partial charge in [0.15, 0.2) is 0 Å². The molecule has 66 valence electrons. The highest BCUT2D eigenvalue weighted by Crippen LogP contribution is 2.08. The van der Waals surface area contributed by atoms with Gasteiger partial charge in [0, 0.05) is 0 Å². The van der Waals surface area contributed by atoms with Gasteiger partial charge in [-0.3, -0.25) is 0 Å². The van der Waals surface area contributed by atoms with Gasteiger partial charge in [0.25, 0.3) is 0 Å². The minimum atomic E-state index is -1.59. The Morgan fingerprint density at radius 3 is 2.08 bits per heavy atom. The first-order chi connectivity index (χ1) is 5.70. The maximum atomic E-state index is 12.2. The highest BCUT2D eigenvalue weighted by atomic mass is 19.4. The van der Waals surface area contributed by atoms with Gasteiger partial charge in [0.1, 0.15) is 5.45 Å². The lowest BCUT2D eigenvalue weighted by Gasteiger charge is -2.09. The third-order valence-electron chi connectivity index (χ3n) is 1.32. The van der Waals surface area contributed by atoms with Crippen molar-refractivity contribution in [2.45, 2.75) is 6.54 Å². The molecule has 0 saturated carbocycles. The highest BCUT2D eigenvalue weighted by molar-refractivity contribution is 5.13. The number of benzene rings is 1. The average Bonchev–Trinajstić information content (AvgIpc) is 2.06. The van der Waals surface area contributed by atoms with Crippen molar-refractivity contribution in [2.24, 2.45) is 0 Å². The van der Waals surface area contributed by atoms with Crippen molar-refractivity contribution >= 4 is 0 Å². The number of rotatable bonds is 3. The maximum absolute atomic E-state index is 12.2. The second kappa shape index (κ2) is 4.08. The molecule has 0 heterocycles. The van der Waals surface area contributed by atoms with E-state index in [0.717, 1.165) is 0 Å². The van der Waals surface area contributed by atoms with Gasteiger partial charge in [-0.05, 0) is 10.8 Å². The Labute approximate surface area is 67.6 Å². The van der Waals surface area contributed by atoms with Crippen LogP contribution in [0.2, 0.25) is 0 Å². The van der Waals surface area contributed by atoms with E-state index < -0.39 is 17.2 Å². The van der Waals surface area contributed by atoms with E-state index in [0.29, 0.717) is 5.56 Å². The molecule has 0 fully saturated rings. The molecule has 0 amide bonds. The molecular formula is C7H7F3N2. The lowest BCUT2D eigenvalue weighted by atomic mass is 10.2. The molecular weight excluding hydrogens is 169 g/mol. The molecule has 1 aromatic rings. The smallest absolute Gasteiger partial charge is 0.113 e. The maximum Gasteiger partial charge on any atom is 0.127 e. The fourth-order valence-electron chi connectivity index (χ4n) is 0.788. The SMILES string of the molecule is FN(F)N(F)Cc1ccccc1. The molecule has 0 spiro atoms. The third-order valence-corrected chi connectivity index (χ3v) is 1.32. The molecule has 0 unspecified atom stereocenters. The Balaban J connectivity index is 2.53. The van der Waals surface area contributed by atoms with Gasteiger partial charge in [0.2, 0.25) is 0 Å². The van der Waals surface area contributed by atoms with Crippen LogP contribution < -0.4 is 0 Å². The van der Waals surface area contributed by atoms with Crippen molar-refractivity contribution in [1.82, 2.24) is 10.7 Å². The standard InChI is InChI=1S/C7H7F3N2/c8-11(12(9)10)6-7-4-2-1-3-5-7/h1-5H,6H2. The van der Waals surface area contributed by atoms with Crippen LogP contribution in [0.4, 0.5) is 13.4 Å². The summed E-state index contributed by atoms with van der Waals surface area (Å²) in [5.74, 6) is 0. The van der Waals surface area contributed by atoms with Crippen LogP contribution in [0.1, 0.15) is 5.56 Å². The summed E-state index contributed by atoms with van der Waals surface area (Å²) in [5.41, 5.74) is -1.10. The van der Waals surface area contributed by atoms with Crippen LogP contribution in [-0.2, 0) is 6.54 Å². The fourth-order valence-corrected chi connectivity index (χ4v) is 0.788. The van der Waals surface area contributed by atoms with E-state index in [4.69, 9.17) is 0 Å². The molecule has 0 bridgehead atoms. The van der Waals surface area contributed by atoms with Crippen LogP contribution in [-0.4, -0.2) is 10.7 Å². The van der Waals surface area contributed by atoms with E-state index in [9.17, 15) is 13.4 Å². The summed E-state index contributed by atoms with van der Waals surface area (Å²) < 4.78 is 35.2. The van der Waals surface area contributed by atoms with E-state index in [2.05, 4.69) is 0 Å². The Morgan fingerprint density at radius 2 is 1.58 bits per heavy atom. The summed E-state index contributed by atoms with van der Waals surface area (Å²) in [5, 5.41) is -0.671. The molecule has 0 radical (unpaired) electrons. The first-order valence-electron chi connectivity index (χ1n) is 3.29. The number of hydrogen-bond donors (Lipinski definition) is 0. The summed E-state index contributed by atoms with van der Waals surface area (Å²) in [6.45, 7) is -0.451. The Hall–Kier alpha value is -1.07. The minimum absolute atomic E-state index is 0.451. The van der Waals surface area contributed by atoms with E-state index in [1.165, 1.54) is 0 Å². The zero-order chi connectivity index (χ0) is 8.97. The van der Waals surface area contributed by atoms with Gasteiger partial charge >= 0.3 is 0 Å². The van der Waals surface area contributed by atoms with Gasteiger partial charge in [-0.25, -0.2) is 0 Å². The summed E-state index contributed by atoms with van der Waals surface area (Å²) in [6, 6.07) is 8.18. The lowest BCUT2D eigenvalue weighted by molar-refractivity contribution is -0.375. The zero-order valence-electron chi connectivity index (χ0n) is 6.12. The first kappa shape index (κ1) is 9.02. The number of hydrazine groups is 1. The van der Waals surface area contributed by atoms with Gasteiger partial charge in [-0.1, -0.05) is 39.3 Å². The van der Waals surface area contributed by atoms with Gasteiger partial charge in [0.05, 0.1) is 6.54 Å². The van der Waals surface area contributed by atoms with Crippen molar-refractivity contribution in [3.8, 4) is 0 Å². The molecule has 1 rings (SSSR count). The van der Waals surface area contributed by atoms with Crippen molar-refractivity contribution in [1.29, 1.82) is 0 Å². The second-order valence-corrected chi connectivity index (χ2v) is 2.20. The monoisotopic (exact) mass is 176 g/mol. The van der Waals surface area contributed by atoms with Crippen LogP contribution in [0.25, 0.3) is 0 Å². The van der Waals surface area contributed by atoms with E-state index in [-0.39, 0.29) is 0 Å². The van der Waals surface area contributed by atoms with Crippen molar-refractivity contribution < 1.29 is 13.4 Å². The Morgan fingerprint density at radius 1 is 1.00 bits per heavy atom. The highest BCUT2D eigenvalue weighted by Gasteiger charge is 2.12. The summed E-state index contributed by atoms with van der Waals surface area (Å²) in [4.78, 5) is 0. The van der Waals surface area contributed by atoms with Gasteiger partial charge < -0.3 is 0 Å². The van der Waals surface area contributed by atoms with Gasteiger partial charge in [-0.15, -0.1) is 4.48 Å². The van der Waals surface area contributed by atoms with E-state index in [1.807, 2.05) is 0 Å². The van der Waals surface area contributed by atoms with Crippen LogP contribution in [0.3, 0.4) is 0 Å². The molecule has 5 heteroatoms. The zero-order valence-corrected chi connectivity index (χ0v) is 6.12. The second-order valence-electron chi connectivity index (χ2n) is 2.20. The molecule has 0 N–H and O–H groups in total. The molecule has 1 aromatic carbocycles. The first-order valence-corrected chi connectivity index (χ1v) is 3.29. The molecule has 12 heavy (non-hydrogen) atoms. The summed E-state index contributed by atoms with van der Waals surface area (Å²) >= 11 is 0. The molecule has 0 saturated heterocycles. The number of hydrogen-bond acceptors (Lipinski definition) is 2. The van der Waals surface area contributed by atoms with Crippen LogP contribution >= 0.6 is 0 Å². The van der Waals surface area contributed by atoms with E-state index >= 15 is 0 Å². The van der Waals surface area contributed by atoms with Gasteiger partial charge in [-0.2, -0.15) is 0 Å². The fraction of sp³-hybridized carbons (Fsp3) is 0.143. The predicted octanol–water partition coefficient (Wildman–Crippen LogP) is 2.36. The van der Waals surface area contributed by atoms with Crippen molar-refractivity contribution in [2.75, 3.05) is 0 Å². The van der Waals surface area contributed by atoms with E-state index in [1.54, 1.807) is 30.3 Å². The molecule has 0 atom stereocenters. The number of nitrogens with zero attached hydrogens (tertiary/aromatic N) is 2. The Bertz CT molecular complexity index is 227. The Kier molecular flexibility index (Phi) is 3.07. The van der Waals surface area contributed by atoms with Crippen LogP contribution in [0, 0.1) is 0 Å². The number of halogens is 3. The predicted molar refractivity (Wildman–Crippen MR) is 37.1 cm³/mol. The minimum Gasteiger partial charge on any atom is -0.113 e. The summed E-state index contributed by atoms with van der Waals surface area (Å²) in [7, 11) is 0. The quantitative estimate of drug-likeness (QED) is 0.515. The topological polar surface area (TPSA) is 6.48 Å². The summed E-state index contributed by atoms with van der Waals surface area (Å²) in [6.07, 6.45) is 0. The van der Waals surface area contributed by atoms with Crippen molar-refractivity contribution in [3.63, 3.8) is 0 Å². The molecule has 0 aromatic heterocycles. The molecule has 0 aliphatic heterocycles. The van der Waals surface area contributed by atoms with Crippen LogP contribution in [0.5, 0.6) is 0 Å². The van der Waals surface area contributed by atoms with Crippen molar-refractivity contribution in [3.05, 3.63) is 35.9 Å². The molecule has 0 aliphatic rings.